The van der Waals surface area contributed by atoms with Gasteiger partial charge in [-0.25, -0.2) is 12.7 Å². The van der Waals surface area contributed by atoms with Crippen molar-refractivity contribution in [1.82, 2.24) is 4.31 Å². The summed E-state index contributed by atoms with van der Waals surface area (Å²) in [5, 5.41) is 0. The molecule has 0 aliphatic rings. The summed E-state index contributed by atoms with van der Waals surface area (Å²) in [6.07, 6.45) is 0.193. The molecule has 1 aromatic rings. The van der Waals surface area contributed by atoms with Gasteiger partial charge in [0.1, 0.15) is 0 Å². The van der Waals surface area contributed by atoms with Crippen LogP contribution >= 0.6 is 0 Å². The number of hydrogen-bond acceptors (Lipinski definition) is 5. The average Bonchev–Trinajstić information content (AvgIpc) is 2.28. The van der Waals surface area contributed by atoms with E-state index < -0.39 is 18.8 Å². The Balaban J connectivity index is 2.64. The smallest absolute Gasteiger partial charge is 0.390 e. The van der Waals surface area contributed by atoms with Gasteiger partial charge in [0.2, 0.25) is 10.0 Å². The van der Waals surface area contributed by atoms with E-state index in [2.05, 4.69) is 0 Å². The van der Waals surface area contributed by atoms with E-state index in [1.807, 2.05) is 0 Å². The molecule has 1 aromatic carbocycles. The van der Waals surface area contributed by atoms with E-state index in [9.17, 15) is 8.42 Å². The van der Waals surface area contributed by atoms with Gasteiger partial charge in [-0.3, -0.25) is 0 Å². The first-order valence-corrected chi connectivity index (χ1v) is 8.91. The Morgan fingerprint density at radius 1 is 1.17 bits per heavy atom. The Hall–Kier alpha value is -0.773. The van der Waals surface area contributed by atoms with Crippen LogP contribution in [0.4, 0.5) is 0 Å². The molecule has 0 unspecified atom stereocenters. The third-order valence-electron chi connectivity index (χ3n) is 2.44. The molecule has 0 amide bonds. The van der Waals surface area contributed by atoms with E-state index in [-0.39, 0.29) is 23.9 Å². The maximum Gasteiger partial charge on any atom is 0.492 e. The summed E-state index contributed by atoms with van der Waals surface area (Å²) in [5.41, 5.74) is 0. The third-order valence-corrected chi connectivity index (χ3v) is 5.33. The highest BCUT2D eigenvalue weighted by atomic mass is 32.2. The first kappa shape index (κ1) is 15.3. The first-order valence-electron chi connectivity index (χ1n) is 5.42. The summed E-state index contributed by atoms with van der Waals surface area (Å²) >= 11 is 0. The molecule has 0 radical (unpaired) electrons. The molecule has 1 rings (SSSR count). The number of hydrogen-bond donors (Lipinski definition) is 3. The molecule has 0 bridgehead atoms. The Labute approximate surface area is 108 Å². The summed E-state index contributed by atoms with van der Waals surface area (Å²) in [6.45, 7) is 0.119. The van der Waals surface area contributed by atoms with Gasteiger partial charge in [0.25, 0.3) is 0 Å². The molecule has 6 nitrogen and oxygen atoms in total. The molecule has 102 valence electrons. The fourth-order valence-corrected chi connectivity index (χ4v) is 3.29. The lowest BCUT2D eigenvalue weighted by Crippen LogP contribution is -2.36. The largest absolute Gasteiger partial charge is 0.492 e. The van der Waals surface area contributed by atoms with Gasteiger partial charge in [-0.2, -0.15) is 0 Å². The summed E-state index contributed by atoms with van der Waals surface area (Å²) in [5.74, 6) is 0. The van der Waals surface area contributed by atoms with Crippen molar-refractivity contribution in [3.05, 3.63) is 30.3 Å². The SMILES string of the molecule is CN(CCC[Si](O)(O)O)S(=O)(=O)c1ccccc1. The standard InChI is InChI=1S/C10H17NO5SSi/c1-11(8-5-9-18(14,15)16)17(12,13)10-6-3-2-4-7-10/h2-4,6-7,14-16H,5,8-9H2,1H3. The van der Waals surface area contributed by atoms with Crippen LogP contribution in [0.15, 0.2) is 35.2 Å². The Kier molecular flexibility index (Phi) is 5.02. The van der Waals surface area contributed by atoms with E-state index in [1.54, 1.807) is 18.2 Å². The molecular formula is C10H17NO5SSi. The van der Waals surface area contributed by atoms with Gasteiger partial charge >= 0.3 is 8.80 Å². The molecule has 0 fully saturated rings. The second-order valence-corrected chi connectivity index (χ2v) is 8.11. The number of sulfonamides is 1. The number of nitrogens with zero attached hydrogens (tertiary/aromatic N) is 1. The normalized spacial score (nSPS) is 12.9. The van der Waals surface area contributed by atoms with Gasteiger partial charge in [0.15, 0.2) is 0 Å². The zero-order valence-electron chi connectivity index (χ0n) is 10.0. The minimum Gasteiger partial charge on any atom is -0.390 e. The monoisotopic (exact) mass is 291 g/mol. The van der Waals surface area contributed by atoms with Crippen molar-refractivity contribution in [2.75, 3.05) is 13.6 Å². The van der Waals surface area contributed by atoms with Crippen LogP contribution in [-0.4, -0.2) is 49.5 Å². The second-order valence-electron chi connectivity index (χ2n) is 4.02. The summed E-state index contributed by atoms with van der Waals surface area (Å²) in [4.78, 5) is 26.7. The Bertz CT molecular complexity index is 471. The van der Waals surface area contributed by atoms with Crippen LogP contribution in [0.3, 0.4) is 0 Å². The lowest BCUT2D eigenvalue weighted by atomic mass is 10.4. The first-order chi connectivity index (χ1) is 8.23. The van der Waals surface area contributed by atoms with E-state index in [0.29, 0.717) is 0 Å². The summed E-state index contributed by atoms with van der Waals surface area (Å²) in [7, 11) is -6.22. The van der Waals surface area contributed by atoms with Crippen LogP contribution in [0.5, 0.6) is 0 Å². The zero-order chi connectivity index (χ0) is 13.8. The van der Waals surface area contributed by atoms with Crippen molar-refractivity contribution in [2.45, 2.75) is 17.4 Å². The summed E-state index contributed by atoms with van der Waals surface area (Å²) < 4.78 is 25.2. The lowest BCUT2D eigenvalue weighted by Gasteiger charge is -2.18. The van der Waals surface area contributed by atoms with Crippen LogP contribution in [0.2, 0.25) is 6.04 Å². The molecule has 0 aliphatic carbocycles. The van der Waals surface area contributed by atoms with Crippen molar-refractivity contribution in [3.8, 4) is 0 Å². The summed E-state index contributed by atoms with van der Waals surface area (Å²) in [6, 6.07) is 7.80. The number of rotatable bonds is 6. The highest BCUT2D eigenvalue weighted by Crippen LogP contribution is 2.14. The minimum absolute atomic E-state index is 0.119. The van der Waals surface area contributed by atoms with Crippen molar-refractivity contribution in [2.24, 2.45) is 0 Å². The van der Waals surface area contributed by atoms with Gasteiger partial charge in [0, 0.05) is 19.6 Å². The van der Waals surface area contributed by atoms with Gasteiger partial charge in [-0.05, 0) is 18.6 Å². The highest BCUT2D eigenvalue weighted by molar-refractivity contribution is 7.89. The second kappa shape index (κ2) is 5.91. The Morgan fingerprint density at radius 3 is 2.22 bits per heavy atom. The van der Waals surface area contributed by atoms with Crippen molar-refractivity contribution >= 4 is 18.8 Å². The Morgan fingerprint density at radius 2 is 1.72 bits per heavy atom. The van der Waals surface area contributed by atoms with E-state index >= 15 is 0 Å². The lowest BCUT2D eigenvalue weighted by molar-refractivity contribution is 0.225. The van der Waals surface area contributed by atoms with Gasteiger partial charge in [-0.1, -0.05) is 18.2 Å². The minimum atomic E-state index is -4.08. The van der Waals surface area contributed by atoms with Crippen LogP contribution in [0.25, 0.3) is 0 Å². The molecule has 8 heteroatoms. The molecule has 0 heterocycles. The highest BCUT2D eigenvalue weighted by Gasteiger charge is 2.27. The molecule has 0 spiro atoms. The molecule has 0 aromatic heterocycles. The fraction of sp³-hybridized carbons (Fsp3) is 0.400. The molecule has 3 N–H and O–H groups in total. The van der Waals surface area contributed by atoms with Gasteiger partial charge < -0.3 is 14.4 Å². The third kappa shape index (κ3) is 4.48. The molecule has 18 heavy (non-hydrogen) atoms. The number of benzene rings is 1. The maximum atomic E-state index is 12.0. The average molecular weight is 291 g/mol. The topological polar surface area (TPSA) is 98.1 Å². The van der Waals surface area contributed by atoms with Crippen LogP contribution in [0.1, 0.15) is 6.42 Å². The predicted molar refractivity (Wildman–Crippen MR) is 68.1 cm³/mol. The maximum absolute atomic E-state index is 12.0. The van der Waals surface area contributed by atoms with Crippen LogP contribution in [0, 0.1) is 0 Å². The van der Waals surface area contributed by atoms with Crippen LogP contribution < -0.4 is 0 Å². The molecular weight excluding hydrogens is 274 g/mol. The molecule has 0 saturated heterocycles. The quantitative estimate of drug-likeness (QED) is 0.620. The molecule has 0 atom stereocenters. The van der Waals surface area contributed by atoms with Gasteiger partial charge in [-0.15, -0.1) is 0 Å². The fourth-order valence-electron chi connectivity index (χ4n) is 1.43. The van der Waals surface area contributed by atoms with Crippen molar-refractivity contribution < 1.29 is 22.8 Å². The van der Waals surface area contributed by atoms with E-state index in [4.69, 9.17) is 14.4 Å². The zero-order valence-corrected chi connectivity index (χ0v) is 11.8. The van der Waals surface area contributed by atoms with Crippen molar-refractivity contribution in [3.63, 3.8) is 0 Å². The van der Waals surface area contributed by atoms with Gasteiger partial charge in [0.05, 0.1) is 4.90 Å². The molecule has 0 aliphatic heterocycles. The van der Waals surface area contributed by atoms with E-state index in [0.717, 1.165) is 4.31 Å². The van der Waals surface area contributed by atoms with Crippen LogP contribution in [-0.2, 0) is 10.0 Å². The van der Waals surface area contributed by atoms with Crippen molar-refractivity contribution in [1.29, 1.82) is 0 Å². The van der Waals surface area contributed by atoms with E-state index in [1.165, 1.54) is 19.2 Å². The predicted octanol–water partition coefficient (Wildman–Crippen LogP) is -0.387. The molecule has 0 saturated carbocycles.